The molecule has 284 valence electrons. The van der Waals surface area contributed by atoms with E-state index in [0.717, 1.165) is 6.42 Å². The highest BCUT2D eigenvalue weighted by molar-refractivity contribution is 6.26. The fourth-order valence-electron chi connectivity index (χ4n) is 8.47. The van der Waals surface area contributed by atoms with Crippen LogP contribution in [0.4, 0.5) is 0 Å². The number of hydrogen-bond acceptors (Lipinski definition) is 0. The Morgan fingerprint density at radius 1 is 0.390 bits per heavy atom. The van der Waals surface area contributed by atoms with Gasteiger partial charge in [0.2, 0.25) is 0 Å². The van der Waals surface area contributed by atoms with Crippen LogP contribution in [-0.4, -0.2) is 0 Å². The van der Waals surface area contributed by atoms with E-state index in [-0.39, 0.29) is 7.43 Å². The monoisotopic (exact) mass is 756 g/mol. The summed E-state index contributed by atoms with van der Waals surface area (Å²) in [4.78, 5) is 0. The van der Waals surface area contributed by atoms with Gasteiger partial charge >= 0.3 is 0 Å². The second-order valence-corrected chi connectivity index (χ2v) is 14.9. The second-order valence-electron chi connectivity index (χ2n) is 14.9. The summed E-state index contributed by atoms with van der Waals surface area (Å²) in [6.07, 6.45) is 10.9. The molecular formula is C59H48. The summed E-state index contributed by atoms with van der Waals surface area (Å²) in [6, 6.07) is 67.1. The summed E-state index contributed by atoms with van der Waals surface area (Å²) in [6.45, 7) is 9.03. The summed E-state index contributed by atoms with van der Waals surface area (Å²) >= 11 is 0. The molecule has 0 heterocycles. The van der Waals surface area contributed by atoms with Crippen LogP contribution >= 0.6 is 0 Å². The first-order chi connectivity index (χ1) is 28.6. The molecule has 1 aliphatic carbocycles. The molecule has 0 nitrogen and oxygen atoms in total. The minimum atomic E-state index is 0. The molecule has 10 aromatic rings. The van der Waals surface area contributed by atoms with Gasteiger partial charge in [-0.1, -0.05) is 202 Å². The van der Waals surface area contributed by atoms with Gasteiger partial charge in [-0.05, 0) is 142 Å². The van der Waals surface area contributed by atoms with Crippen LogP contribution in [0.25, 0.3) is 98.0 Å². The molecule has 0 unspecified atom stereocenters. The smallest absolute Gasteiger partial charge is 0.00923 e. The molecule has 59 heavy (non-hydrogen) atoms. The lowest BCUT2D eigenvalue weighted by molar-refractivity contribution is 1.28. The summed E-state index contributed by atoms with van der Waals surface area (Å²) in [5.74, 6) is 0. The molecule has 0 radical (unpaired) electrons. The lowest BCUT2D eigenvalue weighted by Gasteiger charge is -2.18. The van der Waals surface area contributed by atoms with Gasteiger partial charge in [0.1, 0.15) is 0 Å². The minimum absolute atomic E-state index is 0. The number of fused-ring (bicyclic) bond motifs is 9. The molecule has 10 aromatic carbocycles. The van der Waals surface area contributed by atoms with Gasteiger partial charge in [-0.15, -0.1) is 6.58 Å². The minimum Gasteiger partial charge on any atom is -0.103 e. The quantitative estimate of drug-likeness (QED) is 0.124. The van der Waals surface area contributed by atoms with Crippen LogP contribution in [0.1, 0.15) is 20.8 Å². The zero-order chi connectivity index (χ0) is 39.4. The standard InChI is InChI=1S/C48H30.C7H8.C3H6.CH4/c1-2-12-31(13-3-1)32-22-23-34-27-36(25-24-33(34)26-32)44-29-46-42-20-10-11-21-43(42)47(30-48(46)41-19-9-7-17-39(41)44)45-28-35-14-4-5-15-37(35)38-16-6-8-18-40(38)45;1-7-5-3-2-4-6-7;1-3-2;/h1-30H;2-5H,1,6H2;3H,1H2,2H3;1H4. The Balaban J connectivity index is 0.000000392. The highest BCUT2D eigenvalue weighted by Crippen LogP contribution is 2.44. The maximum Gasteiger partial charge on any atom is -0.00923 e. The normalized spacial score (nSPS) is 11.9. The second kappa shape index (κ2) is 17.1. The molecule has 0 N–H and O–H groups in total. The molecule has 0 bridgehead atoms. The highest BCUT2D eigenvalue weighted by atomic mass is 14.2. The van der Waals surface area contributed by atoms with Crippen molar-refractivity contribution in [1.82, 2.24) is 0 Å². The van der Waals surface area contributed by atoms with E-state index in [1.807, 2.05) is 25.2 Å². The summed E-state index contributed by atoms with van der Waals surface area (Å²) in [7, 11) is 0. The Morgan fingerprint density at radius 3 is 1.41 bits per heavy atom. The van der Waals surface area contributed by atoms with Crippen molar-refractivity contribution in [3.05, 3.63) is 231 Å². The number of rotatable bonds is 3. The highest BCUT2D eigenvalue weighted by Gasteiger charge is 2.17. The molecule has 0 fully saturated rings. The van der Waals surface area contributed by atoms with Crippen molar-refractivity contribution in [2.75, 3.05) is 0 Å². The van der Waals surface area contributed by atoms with E-state index in [4.69, 9.17) is 0 Å². The Morgan fingerprint density at radius 2 is 0.847 bits per heavy atom. The maximum absolute atomic E-state index is 3.78. The van der Waals surface area contributed by atoms with Crippen LogP contribution in [0.5, 0.6) is 0 Å². The van der Waals surface area contributed by atoms with E-state index >= 15 is 0 Å². The van der Waals surface area contributed by atoms with Crippen molar-refractivity contribution in [1.29, 1.82) is 0 Å². The summed E-state index contributed by atoms with van der Waals surface area (Å²) in [5.41, 5.74) is 8.74. The third-order valence-corrected chi connectivity index (χ3v) is 11.2. The lowest BCUT2D eigenvalue weighted by atomic mass is 9.85. The Kier molecular flexibility index (Phi) is 11.2. The molecule has 0 spiro atoms. The number of hydrogen-bond donors (Lipinski definition) is 0. The van der Waals surface area contributed by atoms with E-state index in [9.17, 15) is 0 Å². The topological polar surface area (TPSA) is 0 Å². The van der Waals surface area contributed by atoms with E-state index in [0.29, 0.717) is 0 Å². The van der Waals surface area contributed by atoms with Crippen molar-refractivity contribution in [3.8, 4) is 33.4 Å². The van der Waals surface area contributed by atoms with Gasteiger partial charge in [-0.25, -0.2) is 0 Å². The fourth-order valence-corrected chi connectivity index (χ4v) is 8.47. The predicted molar refractivity (Wildman–Crippen MR) is 262 cm³/mol. The van der Waals surface area contributed by atoms with Gasteiger partial charge in [0.25, 0.3) is 0 Å². The first-order valence-electron chi connectivity index (χ1n) is 20.1. The number of benzene rings is 10. The Labute approximate surface area is 348 Å². The molecular weight excluding hydrogens is 709 g/mol. The zero-order valence-corrected chi connectivity index (χ0v) is 32.8. The van der Waals surface area contributed by atoms with Gasteiger partial charge in [0, 0.05) is 0 Å². The molecule has 0 aliphatic heterocycles. The molecule has 0 heteroatoms. The van der Waals surface area contributed by atoms with E-state index < -0.39 is 0 Å². The lowest BCUT2D eigenvalue weighted by Crippen LogP contribution is -1.90. The van der Waals surface area contributed by atoms with Crippen LogP contribution < -0.4 is 0 Å². The van der Waals surface area contributed by atoms with Gasteiger partial charge < -0.3 is 0 Å². The van der Waals surface area contributed by atoms with Crippen LogP contribution in [0.15, 0.2) is 231 Å². The van der Waals surface area contributed by atoms with Gasteiger partial charge in [0.05, 0.1) is 0 Å². The van der Waals surface area contributed by atoms with Crippen molar-refractivity contribution in [2.24, 2.45) is 0 Å². The maximum atomic E-state index is 3.78. The third kappa shape index (κ3) is 7.50. The van der Waals surface area contributed by atoms with Crippen molar-refractivity contribution < 1.29 is 0 Å². The summed E-state index contributed by atoms with van der Waals surface area (Å²) in [5, 5.41) is 15.3. The fraction of sp³-hybridized carbons (Fsp3) is 0.0508. The molecule has 0 aromatic heterocycles. The molecule has 0 saturated carbocycles. The van der Waals surface area contributed by atoms with Crippen molar-refractivity contribution in [3.63, 3.8) is 0 Å². The van der Waals surface area contributed by atoms with Crippen molar-refractivity contribution in [2.45, 2.75) is 20.8 Å². The third-order valence-electron chi connectivity index (χ3n) is 11.2. The average molecular weight is 757 g/mol. The Hall–Kier alpha value is -7.28. The van der Waals surface area contributed by atoms with Gasteiger partial charge in [-0.3, -0.25) is 0 Å². The molecule has 1 aliphatic rings. The van der Waals surface area contributed by atoms with Gasteiger partial charge in [0.15, 0.2) is 0 Å². The van der Waals surface area contributed by atoms with Crippen LogP contribution in [0.3, 0.4) is 0 Å². The summed E-state index contributed by atoms with van der Waals surface area (Å²) < 4.78 is 0. The largest absolute Gasteiger partial charge is 0.103 e. The zero-order valence-electron chi connectivity index (χ0n) is 32.8. The SMILES string of the molecule is C.C=C1C=CC=CC1.C=CC.c1ccc(-c2ccc3cc(-c4cc5c6ccccc6c(-c6cc7ccccc7c7ccccc67)cc5c5ccccc45)ccc3c2)cc1. The molecule has 0 amide bonds. The van der Waals surface area contributed by atoms with E-state index in [2.05, 4.69) is 201 Å². The predicted octanol–water partition coefficient (Wildman–Crippen LogP) is 17.5. The van der Waals surface area contributed by atoms with Crippen LogP contribution in [-0.2, 0) is 0 Å². The molecule has 11 rings (SSSR count). The van der Waals surface area contributed by atoms with Gasteiger partial charge in [-0.2, -0.15) is 0 Å². The first-order valence-corrected chi connectivity index (χ1v) is 20.1. The van der Waals surface area contributed by atoms with Crippen LogP contribution in [0, 0.1) is 0 Å². The average Bonchev–Trinajstić information content (AvgIpc) is 3.29. The van der Waals surface area contributed by atoms with Crippen molar-refractivity contribution >= 4 is 64.6 Å². The van der Waals surface area contributed by atoms with Crippen LogP contribution in [0.2, 0.25) is 0 Å². The molecule has 0 saturated heterocycles. The van der Waals surface area contributed by atoms with E-state index in [1.54, 1.807) is 6.08 Å². The number of allylic oxidation sites excluding steroid dienone is 6. The Bertz CT molecular complexity index is 3230. The first kappa shape index (κ1) is 38.6. The molecule has 0 atom stereocenters. The van der Waals surface area contributed by atoms with E-state index in [1.165, 1.54) is 104 Å².